The molecule has 0 aliphatic carbocycles. The van der Waals surface area contributed by atoms with Gasteiger partial charge in [0.1, 0.15) is 0 Å². The fraction of sp³-hybridized carbons (Fsp3) is 0.273. The Balaban J connectivity index is 1.49. The summed E-state index contributed by atoms with van der Waals surface area (Å²) < 4.78 is 5.04. The van der Waals surface area contributed by atoms with Crippen molar-refractivity contribution in [1.29, 1.82) is 0 Å². The number of benzene rings is 2. The van der Waals surface area contributed by atoms with Crippen LogP contribution >= 0.6 is 0 Å². The molecule has 172 valence electrons. The third kappa shape index (κ3) is 5.91. The number of hydrogen-bond donors (Lipinski definition) is 2. The van der Waals surface area contributed by atoms with E-state index in [1.807, 2.05) is 26.0 Å². The van der Waals surface area contributed by atoms with Gasteiger partial charge in [0.2, 0.25) is 5.91 Å². The highest BCUT2D eigenvalue weighted by molar-refractivity contribution is 5.97. The van der Waals surface area contributed by atoms with E-state index in [4.69, 9.17) is 4.74 Å². The highest BCUT2D eigenvalue weighted by Gasteiger charge is 2.36. The minimum absolute atomic E-state index is 0.113. The van der Waals surface area contributed by atoms with Gasteiger partial charge >= 0.3 is 5.97 Å². The first-order valence-electron chi connectivity index (χ1n) is 10.0. The Hall–Kier alpha value is -4.28. The maximum Gasteiger partial charge on any atom is 0.311 e. The van der Waals surface area contributed by atoms with Crippen molar-refractivity contribution in [2.24, 2.45) is 5.92 Å². The zero-order valence-electron chi connectivity index (χ0n) is 18.0. The van der Waals surface area contributed by atoms with E-state index >= 15 is 0 Å². The van der Waals surface area contributed by atoms with Crippen LogP contribution in [0.4, 0.5) is 11.4 Å². The Morgan fingerprint density at radius 2 is 1.85 bits per heavy atom. The number of nitrogens with one attached hydrogen (secondary N) is 2. The molecule has 3 rings (SSSR count). The normalized spacial score (nSPS) is 15.2. The van der Waals surface area contributed by atoms with Gasteiger partial charge in [0.05, 0.1) is 17.4 Å². The van der Waals surface area contributed by atoms with Crippen LogP contribution in [-0.4, -0.2) is 46.8 Å². The van der Waals surface area contributed by atoms with Crippen LogP contribution < -0.4 is 10.7 Å². The number of esters is 1. The second kappa shape index (κ2) is 9.90. The number of carbonyl (C=O) groups excluding carboxylic acids is 4. The fourth-order valence-corrected chi connectivity index (χ4v) is 3.29. The number of nitro benzene ring substituents is 1. The lowest BCUT2D eigenvalue weighted by Crippen LogP contribution is -2.43. The summed E-state index contributed by atoms with van der Waals surface area (Å²) in [4.78, 5) is 59.0. The number of aryl methyl sites for hydroxylation is 2. The van der Waals surface area contributed by atoms with Gasteiger partial charge in [-0.1, -0.05) is 17.7 Å². The van der Waals surface area contributed by atoms with E-state index < -0.39 is 41.1 Å². The van der Waals surface area contributed by atoms with Crippen LogP contribution in [-0.2, 0) is 19.1 Å². The van der Waals surface area contributed by atoms with Gasteiger partial charge in [-0.25, -0.2) is 0 Å². The zero-order valence-corrected chi connectivity index (χ0v) is 18.0. The predicted molar refractivity (Wildman–Crippen MR) is 116 cm³/mol. The molecule has 2 aromatic carbocycles. The third-order valence-corrected chi connectivity index (χ3v) is 5.04. The number of hydrazine groups is 1. The van der Waals surface area contributed by atoms with Gasteiger partial charge in [-0.05, 0) is 37.6 Å². The number of ether oxygens (including phenoxy) is 1. The molecule has 11 heteroatoms. The first-order valence-corrected chi connectivity index (χ1v) is 10.0. The SMILES string of the molecule is Cc1ccc(NC(=O)COC(=O)[C@H]2CC(=O)N(NC(=O)c3ccc([N+](=O)[O-])cc3)C2)c(C)c1. The summed E-state index contributed by atoms with van der Waals surface area (Å²) in [6, 6.07) is 10.4. The van der Waals surface area contributed by atoms with Crippen molar-refractivity contribution in [3.63, 3.8) is 0 Å². The largest absolute Gasteiger partial charge is 0.455 e. The molecule has 2 aromatic rings. The van der Waals surface area contributed by atoms with Crippen molar-refractivity contribution in [3.8, 4) is 0 Å². The van der Waals surface area contributed by atoms with Crippen LogP contribution in [0.1, 0.15) is 27.9 Å². The third-order valence-electron chi connectivity index (χ3n) is 5.04. The lowest BCUT2D eigenvalue weighted by Gasteiger charge is -2.17. The van der Waals surface area contributed by atoms with Gasteiger partial charge in [-0.3, -0.25) is 39.7 Å². The molecule has 0 saturated carbocycles. The summed E-state index contributed by atoms with van der Waals surface area (Å²) in [5, 5.41) is 14.4. The number of nitro groups is 1. The van der Waals surface area contributed by atoms with E-state index in [2.05, 4.69) is 10.7 Å². The van der Waals surface area contributed by atoms with E-state index in [1.165, 1.54) is 24.3 Å². The number of anilines is 1. The van der Waals surface area contributed by atoms with Crippen LogP contribution in [0.3, 0.4) is 0 Å². The van der Waals surface area contributed by atoms with Gasteiger partial charge < -0.3 is 10.1 Å². The number of rotatable bonds is 7. The quantitative estimate of drug-likeness (QED) is 0.369. The van der Waals surface area contributed by atoms with Crippen molar-refractivity contribution in [3.05, 3.63) is 69.3 Å². The molecule has 0 bridgehead atoms. The van der Waals surface area contributed by atoms with Crippen LogP contribution in [0.15, 0.2) is 42.5 Å². The molecule has 0 radical (unpaired) electrons. The van der Waals surface area contributed by atoms with E-state index in [0.717, 1.165) is 16.1 Å². The fourth-order valence-electron chi connectivity index (χ4n) is 3.29. The Morgan fingerprint density at radius 1 is 1.15 bits per heavy atom. The standard InChI is InChI=1S/C22H22N4O7/c1-13-3-8-18(14(2)9-13)23-19(27)12-33-22(30)16-10-20(28)25(11-16)24-21(29)15-4-6-17(7-5-15)26(31)32/h3-9,16H,10-12H2,1-2H3,(H,23,27)(H,24,29)/t16-/m0/s1. The van der Waals surface area contributed by atoms with Crippen molar-refractivity contribution in [1.82, 2.24) is 10.4 Å². The first kappa shape index (κ1) is 23.4. The molecule has 1 heterocycles. The van der Waals surface area contributed by atoms with Gasteiger partial charge in [-0.2, -0.15) is 0 Å². The predicted octanol–water partition coefficient (Wildman–Crippen LogP) is 1.89. The van der Waals surface area contributed by atoms with Gasteiger partial charge in [0, 0.05) is 29.8 Å². The molecule has 1 aliphatic rings. The molecular weight excluding hydrogens is 432 g/mol. The number of amides is 3. The lowest BCUT2D eigenvalue weighted by atomic mass is 10.1. The van der Waals surface area contributed by atoms with Crippen LogP contribution in [0.25, 0.3) is 0 Å². The van der Waals surface area contributed by atoms with Gasteiger partial charge in [0.25, 0.3) is 17.5 Å². The molecule has 1 fully saturated rings. The minimum Gasteiger partial charge on any atom is -0.455 e. The highest BCUT2D eigenvalue weighted by Crippen LogP contribution is 2.19. The Labute approximate surface area is 188 Å². The van der Waals surface area contributed by atoms with Crippen LogP contribution in [0.5, 0.6) is 0 Å². The first-order chi connectivity index (χ1) is 15.6. The molecule has 1 saturated heterocycles. The summed E-state index contributed by atoms with van der Waals surface area (Å²) in [7, 11) is 0. The number of non-ortho nitro benzene ring substituents is 1. The van der Waals surface area contributed by atoms with Crippen LogP contribution in [0, 0.1) is 29.9 Å². The summed E-state index contributed by atoms with van der Waals surface area (Å²) in [5.74, 6) is -3.23. The minimum atomic E-state index is -0.844. The zero-order chi connectivity index (χ0) is 24.1. The molecular formula is C22H22N4O7. The number of hydrogen-bond acceptors (Lipinski definition) is 7. The summed E-state index contributed by atoms with van der Waals surface area (Å²) >= 11 is 0. The van der Waals surface area contributed by atoms with Crippen molar-refractivity contribution >= 4 is 35.1 Å². The topological polar surface area (TPSA) is 148 Å². The maximum absolute atomic E-state index is 12.3. The Kier molecular flexibility index (Phi) is 7.01. The number of nitrogens with zero attached hydrogens (tertiary/aromatic N) is 2. The molecule has 33 heavy (non-hydrogen) atoms. The molecule has 1 aliphatic heterocycles. The second-order valence-corrected chi connectivity index (χ2v) is 7.62. The number of carbonyl (C=O) groups is 4. The molecule has 0 unspecified atom stereocenters. The average Bonchev–Trinajstić information content (AvgIpc) is 3.14. The van der Waals surface area contributed by atoms with Gasteiger partial charge in [0.15, 0.2) is 6.61 Å². The summed E-state index contributed by atoms with van der Waals surface area (Å²) in [6.07, 6.45) is -0.182. The van der Waals surface area contributed by atoms with Crippen molar-refractivity contribution < 1.29 is 28.8 Å². The smallest absolute Gasteiger partial charge is 0.311 e. The summed E-state index contributed by atoms with van der Waals surface area (Å²) in [5.41, 5.74) is 4.84. The van der Waals surface area contributed by atoms with E-state index in [0.29, 0.717) is 5.69 Å². The van der Waals surface area contributed by atoms with E-state index in [9.17, 15) is 29.3 Å². The molecule has 0 aromatic heterocycles. The lowest BCUT2D eigenvalue weighted by molar-refractivity contribution is -0.384. The van der Waals surface area contributed by atoms with Crippen molar-refractivity contribution in [2.45, 2.75) is 20.3 Å². The van der Waals surface area contributed by atoms with Crippen LogP contribution in [0.2, 0.25) is 0 Å². The van der Waals surface area contributed by atoms with Crippen molar-refractivity contribution in [2.75, 3.05) is 18.5 Å². The summed E-state index contributed by atoms with van der Waals surface area (Å²) in [6.45, 7) is 3.15. The average molecular weight is 454 g/mol. The molecule has 1 atom stereocenters. The molecule has 2 N–H and O–H groups in total. The van der Waals surface area contributed by atoms with E-state index in [1.54, 1.807) is 6.07 Å². The Bertz CT molecular complexity index is 1110. The van der Waals surface area contributed by atoms with Gasteiger partial charge in [-0.15, -0.1) is 0 Å². The molecule has 0 spiro atoms. The molecule has 3 amide bonds. The van der Waals surface area contributed by atoms with E-state index in [-0.39, 0.29) is 24.2 Å². The second-order valence-electron chi connectivity index (χ2n) is 7.62. The monoisotopic (exact) mass is 454 g/mol. The Morgan fingerprint density at radius 3 is 2.48 bits per heavy atom. The maximum atomic E-state index is 12.3. The molecule has 11 nitrogen and oxygen atoms in total. The highest BCUT2D eigenvalue weighted by atomic mass is 16.6.